The molecule has 2 amide bonds. The Bertz CT molecular complexity index is 876. The van der Waals surface area contributed by atoms with E-state index in [0.29, 0.717) is 6.54 Å². The number of hydrogen-bond donors (Lipinski definition) is 2. The number of hydrogen-bond acceptors (Lipinski definition) is 5. The molecule has 0 radical (unpaired) electrons. The molecule has 1 aliphatic rings. The zero-order valence-corrected chi connectivity index (χ0v) is 17.4. The molecule has 2 heterocycles. The Labute approximate surface area is 175 Å². The number of nitrogens with one attached hydrogen (secondary N) is 2. The molecule has 0 spiro atoms. The number of morpholine rings is 1. The van der Waals surface area contributed by atoms with Crippen LogP contribution < -0.4 is 10.6 Å². The van der Waals surface area contributed by atoms with Crippen LogP contribution in [0, 0.1) is 19.7 Å². The van der Waals surface area contributed by atoms with Gasteiger partial charge in [0.1, 0.15) is 5.82 Å². The lowest BCUT2D eigenvalue weighted by Gasteiger charge is -2.26. The van der Waals surface area contributed by atoms with Gasteiger partial charge in [-0.15, -0.1) is 0 Å². The Morgan fingerprint density at radius 1 is 1.10 bits per heavy atom. The second kappa shape index (κ2) is 10.3. The number of halogens is 1. The third-order valence-corrected chi connectivity index (χ3v) is 5.15. The summed E-state index contributed by atoms with van der Waals surface area (Å²) in [6.45, 7) is 8.13. The fraction of sp³-hybridized carbons (Fsp3) is 0.476. The van der Waals surface area contributed by atoms with Gasteiger partial charge in [0, 0.05) is 37.4 Å². The fourth-order valence-corrected chi connectivity index (χ4v) is 3.41. The number of amides is 2. The Morgan fingerprint density at radius 3 is 2.50 bits per heavy atom. The summed E-state index contributed by atoms with van der Waals surface area (Å²) in [4.78, 5) is 26.5. The van der Waals surface area contributed by atoms with Gasteiger partial charge in [-0.05, 0) is 38.1 Å². The van der Waals surface area contributed by atoms with Crippen LogP contribution >= 0.6 is 0 Å². The van der Waals surface area contributed by atoms with Crippen LogP contribution in [0.1, 0.15) is 17.0 Å². The van der Waals surface area contributed by atoms with Gasteiger partial charge in [0.05, 0.1) is 37.6 Å². The molecule has 3 rings (SSSR count). The molecular weight excluding hydrogens is 389 g/mol. The second-order valence-electron chi connectivity index (χ2n) is 7.30. The van der Waals surface area contributed by atoms with Crippen molar-refractivity contribution in [2.45, 2.75) is 20.3 Å². The van der Waals surface area contributed by atoms with E-state index < -0.39 is 0 Å². The van der Waals surface area contributed by atoms with Gasteiger partial charge >= 0.3 is 0 Å². The van der Waals surface area contributed by atoms with Crippen LogP contribution in [-0.4, -0.2) is 72.4 Å². The van der Waals surface area contributed by atoms with Gasteiger partial charge in [-0.1, -0.05) is 0 Å². The molecule has 162 valence electrons. The van der Waals surface area contributed by atoms with E-state index in [2.05, 4.69) is 20.6 Å². The smallest absolute Gasteiger partial charge is 0.239 e. The second-order valence-corrected chi connectivity index (χ2v) is 7.30. The first-order valence-electron chi connectivity index (χ1n) is 10.1. The Morgan fingerprint density at radius 2 is 1.80 bits per heavy atom. The van der Waals surface area contributed by atoms with Gasteiger partial charge in [-0.25, -0.2) is 9.07 Å². The normalized spacial score (nSPS) is 14.5. The maximum Gasteiger partial charge on any atom is 0.239 e. The third kappa shape index (κ3) is 5.87. The quantitative estimate of drug-likeness (QED) is 0.661. The number of nitrogens with zero attached hydrogens (tertiary/aromatic N) is 3. The topological polar surface area (TPSA) is 88.5 Å². The van der Waals surface area contributed by atoms with Crippen molar-refractivity contribution in [1.29, 1.82) is 0 Å². The number of ether oxygens (including phenoxy) is 1. The summed E-state index contributed by atoms with van der Waals surface area (Å²) >= 11 is 0. The molecule has 2 aromatic rings. The van der Waals surface area contributed by atoms with Crippen molar-refractivity contribution in [3.63, 3.8) is 0 Å². The first-order chi connectivity index (χ1) is 14.4. The van der Waals surface area contributed by atoms with E-state index in [1.165, 1.54) is 12.1 Å². The average molecular weight is 417 g/mol. The summed E-state index contributed by atoms with van der Waals surface area (Å²) in [5.41, 5.74) is 3.05. The highest BCUT2D eigenvalue weighted by molar-refractivity contribution is 5.85. The van der Waals surface area contributed by atoms with Crippen molar-refractivity contribution >= 4 is 11.8 Å². The molecule has 1 fully saturated rings. The standard InChI is InChI=1S/C21H28FN5O3/c1-15-19(16(2)27(25-15)18-5-3-17(22)4-6-18)13-20(28)24-14-21(29)23-7-8-26-9-11-30-12-10-26/h3-6H,7-14H2,1-2H3,(H,23,29)(H,24,28). The molecule has 0 aliphatic carbocycles. The number of carbonyl (C=O) groups excluding carboxylic acids is 2. The van der Waals surface area contributed by atoms with E-state index in [1.807, 2.05) is 13.8 Å². The predicted octanol–water partition coefficient (Wildman–Crippen LogP) is 0.735. The lowest BCUT2D eigenvalue weighted by Crippen LogP contribution is -2.43. The van der Waals surface area contributed by atoms with Crippen LogP contribution in [0.2, 0.25) is 0 Å². The lowest BCUT2D eigenvalue weighted by molar-refractivity contribution is -0.125. The highest BCUT2D eigenvalue weighted by atomic mass is 19.1. The Kier molecular flexibility index (Phi) is 7.53. The van der Waals surface area contributed by atoms with Crippen molar-refractivity contribution in [2.75, 3.05) is 45.9 Å². The van der Waals surface area contributed by atoms with Crippen molar-refractivity contribution in [2.24, 2.45) is 0 Å². The van der Waals surface area contributed by atoms with Crippen LogP contribution in [0.3, 0.4) is 0 Å². The number of rotatable bonds is 8. The summed E-state index contributed by atoms with van der Waals surface area (Å²) in [5.74, 6) is -0.779. The van der Waals surface area contributed by atoms with E-state index in [0.717, 1.165) is 55.5 Å². The van der Waals surface area contributed by atoms with Gasteiger partial charge in [-0.2, -0.15) is 5.10 Å². The van der Waals surface area contributed by atoms with Crippen LogP contribution in [0.25, 0.3) is 5.69 Å². The number of aryl methyl sites for hydroxylation is 1. The van der Waals surface area contributed by atoms with E-state index in [9.17, 15) is 14.0 Å². The van der Waals surface area contributed by atoms with Gasteiger partial charge in [-0.3, -0.25) is 14.5 Å². The largest absolute Gasteiger partial charge is 0.379 e. The molecule has 1 aliphatic heterocycles. The summed E-state index contributed by atoms with van der Waals surface area (Å²) in [5, 5.41) is 9.94. The molecule has 30 heavy (non-hydrogen) atoms. The van der Waals surface area contributed by atoms with Crippen LogP contribution in [0.5, 0.6) is 0 Å². The minimum absolute atomic E-state index is 0.0634. The molecule has 2 N–H and O–H groups in total. The molecule has 1 aromatic heterocycles. The van der Waals surface area contributed by atoms with Crippen LogP contribution in [-0.2, 0) is 20.7 Å². The Balaban J connectivity index is 1.46. The molecule has 9 heteroatoms. The van der Waals surface area contributed by atoms with Gasteiger partial charge in [0.2, 0.25) is 11.8 Å². The zero-order valence-electron chi connectivity index (χ0n) is 17.4. The zero-order chi connectivity index (χ0) is 21.5. The van der Waals surface area contributed by atoms with Crippen molar-refractivity contribution < 1.29 is 18.7 Å². The third-order valence-electron chi connectivity index (χ3n) is 5.15. The molecule has 8 nitrogen and oxygen atoms in total. The minimum atomic E-state index is -0.317. The minimum Gasteiger partial charge on any atom is -0.379 e. The van der Waals surface area contributed by atoms with Crippen LogP contribution in [0.15, 0.2) is 24.3 Å². The monoisotopic (exact) mass is 417 g/mol. The molecular formula is C21H28FN5O3. The van der Waals surface area contributed by atoms with Crippen LogP contribution in [0.4, 0.5) is 4.39 Å². The summed E-state index contributed by atoms with van der Waals surface area (Å²) in [6, 6.07) is 6.02. The SMILES string of the molecule is Cc1nn(-c2ccc(F)cc2)c(C)c1CC(=O)NCC(=O)NCCN1CCOCC1. The average Bonchev–Trinajstić information content (AvgIpc) is 3.02. The number of carbonyl (C=O) groups is 2. The highest BCUT2D eigenvalue weighted by Gasteiger charge is 2.17. The predicted molar refractivity (Wildman–Crippen MR) is 110 cm³/mol. The first-order valence-corrected chi connectivity index (χ1v) is 10.1. The fourth-order valence-electron chi connectivity index (χ4n) is 3.41. The molecule has 0 atom stereocenters. The maximum absolute atomic E-state index is 13.2. The lowest BCUT2D eigenvalue weighted by atomic mass is 10.1. The van der Waals surface area contributed by atoms with Gasteiger partial charge in [0.15, 0.2) is 0 Å². The summed E-state index contributed by atoms with van der Waals surface area (Å²) in [7, 11) is 0. The number of aromatic nitrogens is 2. The van der Waals surface area contributed by atoms with E-state index in [-0.39, 0.29) is 30.6 Å². The molecule has 0 bridgehead atoms. The van der Waals surface area contributed by atoms with Crippen molar-refractivity contribution in [3.05, 3.63) is 47.0 Å². The van der Waals surface area contributed by atoms with E-state index in [1.54, 1.807) is 16.8 Å². The number of benzene rings is 1. The summed E-state index contributed by atoms with van der Waals surface area (Å²) < 4.78 is 20.1. The molecule has 0 saturated carbocycles. The molecule has 1 aromatic carbocycles. The summed E-state index contributed by atoms with van der Waals surface area (Å²) in [6.07, 6.45) is 0.125. The van der Waals surface area contributed by atoms with E-state index in [4.69, 9.17) is 4.74 Å². The van der Waals surface area contributed by atoms with E-state index >= 15 is 0 Å². The Hall–Kier alpha value is -2.78. The first kappa shape index (κ1) is 21.9. The van der Waals surface area contributed by atoms with Crippen molar-refractivity contribution in [1.82, 2.24) is 25.3 Å². The van der Waals surface area contributed by atoms with Crippen molar-refractivity contribution in [3.8, 4) is 5.69 Å². The van der Waals surface area contributed by atoms with Gasteiger partial charge in [0.25, 0.3) is 0 Å². The highest BCUT2D eigenvalue weighted by Crippen LogP contribution is 2.18. The molecule has 1 saturated heterocycles. The molecule has 0 unspecified atom stereocenters. The maximum atomic E-state index is 13.2. The van der Waals surface area contributed by atoms with Gasteiger partial charge < -0.3 is 15.4 Å².